The third-order valence-corrected chi connectivity index (χ3v) is 6.15. The Morgan fingerprint density at radius 2 is 1.50 bits per heavy atom. The van der Waals surface area contributed by atoms with Gasteiger partial charge in [0, 0.05) is 5.41 Å². The van der Waals surface area contributed by atoms with Crippen LogP contribution in [0.5, 0.6) is 0 Å². The maximum Gasteiger partial charge on any atom is 0.0892 e. The molecular formula is C25H22O. The highest BCUT2D eigenvalue weighted by atomic mass is 16.3. The Morgan fingerprint density at radius 3 is 2.27 bits per heavy atom. The number of aliphatic hydroxyl groups excluding tert-OH is 1. The second-order valence-electron chi connectivity index (χ2n) is 7.64. The lowest BCUT2D eigenvalue weighted by Crippen LogP contribution is -2.31. The molecule has 3 aromatic rings. The smallest absolute Gasteiger partial charge is 0.0892 e. The number of hydrogen-bond acceptors (Lipinski definition) is 1. The lowest BCUT2D eigenvalue weighted by Gasteiger charge is -2.35. The summed E-state index contributed by atoms with van der Waals surface area (Å²) in [4.78, 5) is 0. The topological polar surface area (TPSA) is 20.2 Å². The Kier molecular flexibility index (Phi) is 3.58. The summed E-state index contributed by atoms with van der Waals surface area (Å²) in [5.41, 5.74) is 7.45. The fourth-order valence-corrected chi connectivity index (χ4v) is 4.82. The van der Waals surface area contributed by atoms with Gasteiger partial charge in [-0.25, -0.2) is 0 Å². The Bertz CT molecular complexity index is 986. The number of rotatable bonds is 3. The van der Waals surface area contributed by atoms with E-state index in [9.17, 15) is 5.11 Å². The fourth-order valence-electron chi connectivity index (χ4n) is 4.82. The van der Waals surface area contributed by atoms with Gasteiger partial charge in [-0.1, -0.05) is 90.5 Å². The number of aliphatic hydroxyl groups is 1. The molecule has 0 heterocycles. The fraction of sp³-hybridized carbons (Fsp3) is 0.200. The minimum absolute atomic E-state index is 0.260. The molecule has 0 aliphatic heterocycles. The van der Waals surface area contributed by atoms with Crippen LogP contribution >= 0.6 is 0 Å². The van der Waals surface area contributed by atoms with E-state index in [1.807, 2.05) is 6.07 Å². The zero-order valence-corrected chi connectivity index (χ0v) is 14.7. The minimum Gasteiger partial charge on any atom is -0.387 e. The molecule has 2 aliphatic rings. The first kappa shape index (κ1) is 15.6. The van der Waals surface area contributed by atoms with E-state index < -0.39 is 6.10 Å². The van der Waals surface area contributed by atoms with Crippen LogP contribution < -0.4 is 0 Å². The molecule has 1 nitrogen and oxygen atoms in total. The summed E-state index contributed by atoms with van der Waals surface area (Å²) >= 11 is 0. The normalized spacial score (nSPS) is 23.4. The van der Waals surface area contributed by atoms with Crippen molar-refractivity contribution in [2.24, 2.45) is 5.41 Å². The van der Waals surface area contributed by atoms with Crippen molar-refractivity contribution < 1.29 is 5.11 Å². The van der Waals surface area contributed by atoms with Gasteiger partial charge in [-0.2, -0.15) is 0 Å². The van der Waals surface area contributed by atoms with E-state index >= 15 is 0 Å². The summed E-state index contributed by atoms with van der Waals surface area (Å²) in [5, 5.41) is 11.5. The zero-order valence-electron chi connectivity index (χ0n) is 14.7. The summed E-state index contributed by atoms with van der Waals surface area (Å²) in [5.74, 6) is 0. The first-order valence-electron chi connectivity index (χ1n) is 9.35. The summed E-state index contributed by atoms with van der Waals surface area (Å²) in [6.07, 6.45) is 4.57. The van der Waals surface area contributed by atoms with Crippen molar-refractivity contribution in [1.29, 1.82) is 0 Å². The molecule has 26 heavy (non-hydrogen) atoms. The Balaban J connectivity index is 1.62. The van der Waals surface area contributed by atoms with Gasteiger partial charge in [0.25, 0.3) is 0 Å². The van der Waals surface area contributed by atoms with Crippen LogP contribution in [0.2, 0.25) is 0 Å². The number of hydrogen-bond donors (Lipinski definition) is 1. The van der Waals surface area contributed by atoms with Crippen LogP contribution in [0.4, 0.5) is 0 Å². The predicted octanol–water partition coefficient (Wildman–Crippen LogP) is 5.14. The van der Waals surface area contributed by atoms with Crippen LogP contribution in [-0.4, -0.2) is 5.11 Å². The molecule has 2 atom stereocenters. The van der Waals surface area contributed by atoms with Gasteiger partial charge in [-0.05, 0) is 47.1 Å². The van der Waals surface area contributed by atoms with Gasteiger partial charge in [-0.15, -0.1) is 0 Å². The first-order chi connectivity index (χ1) is 12.8. The van der Waals surface area contributed by atoms with Gasteiger partial charge in [0.05, 0.1) is 6.10 Å². The Hall–Kier alpha value is -2.64. The molecule has 0 saturated heterocycles. The molecule has 128 valence electrons. The van der Waals surface area contributed by atoms with E-state index in [0.717, 1.165) is 24.8 Å². The third kappa shape index (κ3) is 2.35. The van der Waals surface area contributed by atoms with Crippen molar-refractivity contribution >= 4 is 6.08 Å². The summed E-state index contributed by atoms with van der Waals surface area (Å²) < 4.78 is 0. The average Bonchev–Trinajstić information content (AvgIpc) is 3.23. The highest BCUT2D eigenvalue weighted by molar-refractivity contribution is 5.66. The molecule has 2 aliphatic carbocycles. The van der Waals surface area contributed by atoms with Crippen LogP contribution in [-0.2, 0) is 19.3 Å². The molecule has 0 unspecified atom stereocenters. The molecule has 0 aromatic heterocycles. The Labute approximate surface area is 154 Å². The van der Waals surface area contributed by atoms with Crippen molar-refractivity contribution in [3.63, 3.8) is 0 Å². The van der Waals surface area contributed by atoms with Crippen LogP contribution in [0.15, 0.2) is 84.4 Å². The highest BCUT2D eigenvalue weighted by Crippen LogP contribution is 2.54. The molecule has 0 saturated carbocycles. The quantitative estimate of drug-likeness (QED) is 0.700. The summed E-state index contributed by atoms with van der Waals surface area (Å²) in [7, 11) is 0. The van der Waals surface area contributed by atoms with E-state index in [2.05, 4.69) is 78.9 Å². The van der Waals surface area contributed by atoms with Gasteiger partial charge in [0.2, 0.25) is 0 Å². The van der Waals surface area contributed by atoms with Gasteiger partial charge in [-0.3, -0.25) is 0 Å². The van der Waals surface area contributed by atoms with Gasteiger partial charge in [0.15, 0.2) is 0 Å². The molecule has 0 fully saturated rings. The average molecular weight is 338 g/mol. The van der Waals surface area contributed by atoms with Gasteiger partial charge < -0.3 is 5.11 Å². The van der Waals surface area contributed by atoms with E-state index in [-0.39, 0.29) is 5.41 Å². The third-order valence-electron chi connectivity index (χ3n) is 6.15. The Morgan fingerprint density at radius 1 is 0.808 bits per heavy atom. The molecule has 0 spiro atoms. The van der Waals surface area contributed by atoms with Crippen molar-refractivity contribution in [3.05, 3.63) is 112 Å². The monoisotopic (exact) mass is 338 g/mol. The lowest BCUT2D eigenvalue weighted by molar-refractivity contribution is 0.0651. The van der Waals surface area contributed by atoms with Crippen molar-refractivity contribution in [3.8, 4) is 0 Å². The number of fused-ring (bicyclic) bond motifs is 2. The second kappa shape index (κ2) is 5.96. The van der Waals surface area contributed by atoms with Gasteiger partial charge >= 0.3 is 0 Å². The van der Waals surface area contributed by atoms with E-state index in [4.69, 9.17) is 0 Å². The van der Waals surface area contributed by atoms with E-state index in [1.165, 1.54) is 27.8 Å². The van der Waals surface area contributed by atoms with Crippen molar-refractivity contribution in [2.75, 3.05) is 0 Å². The zero-order chi connectivity index (χ0) is 17.6. The molecule has 1 heteroatoms. The van der Waals surface area contributed by atoms with Crippen LogP contribution in [0, 0.1) is 5.41 Å². The molecule has 0 amide bonds. The molecule has 5 rings (SSSR count). The maximum atomic E-state index is 11.5. The predicted molar refractivity (Wildman–Crippen MR) is 106 cm³/mol. The maximum absolute atomic E-state index is 11.5. The first-order valence-corrected chi connectivity index (χ1v) is 9.35. The largest absolute Gasteiger partial charge is 0.387 e. The van der Waals surface area contributed by atoms with E-state index in [1.54, 1.807) is 0 Å². The number of benzene rings is 3. The van der Waals surface area contributed by atoms with E-state index in [0.29, 0.717) is 0 Å². The minimum atomic E-state index is -0.459. The summed E-state index contributed by atoms with van der Waals surface area (Å²) in [6, 6.07) is 27.6. The highest BCUT2D eigenvalue weighted by Gasteiger charge is 2.48. The second-order valence-corrected chi connectivity index (χ2v) is 7.64. The van der Waals surface area contributed by atoms with Crippen LogP contribution in [0.1, 0.15) is 33.9 Å². The molecule has 0 bridgehead atoms. The summed E-state index contributed by atoms with van der Waals surface area (Å²) in [6.45, 7) is 0. The van der Waals surface area contributed by atoms with Crippen LogP contribution in [0.25, 0.3) is 6.08 Å². The van der Waals surface area contributed by atoms with Crippen molar-refractivity contribution in [2.45, 2.75) is 25.4 Å². The SMILES string of the molecule is O[C@H]1c2ccccc2C[C@@]1(Cc1ccccc1)C1=Cc2ccccc2C1. The van der Waals surface area contributed by atoms with Gasteiger partial charge in [0.1, 0.15) is 0 Å². The standard InChI is InChI=1S/C25H22O/c26-24-23-13-7-6-12-21(23)17-25(24,16-18-8-2-1-3-9-18)22-14-19-10-4-5-11-20(19)15-22/h1-14,24,26H,15-17H2/t24-,25-/m0/s1. The van der Waals surface area contributed by atoms with Crippen molar-refractivity contribution in [1.82, 2.24) is 0 Å². The molecular weight excluding hydrogens is 316 g/mol. The molecule has 0 radical (unpaired) electrons. The lowest BCUT2D eigenvalue weighted by atomic mass is 9.70. The molecule has 3 aromatic carbocycles. The van der Waals surface area contributed by atoms with Crippen LogP contribution in [0.3, 0.4) is 0 Å². The molecule has 1 N–H and O–H groups in total.